The number of benzene rings is 1. The molecule has 0 bridgehead atoms. The molecule has 110 valence electrons. The van der Waals surface area contributed by atoms with Gasteiger partial charge in [-0.25, -0.2) is 0 Å². The van der Waals surface area contributed by atoms with Crippen LogP contribution in [0.5, 0.6) is 5.75 Å². The molecule has 1 heterocycles. The van der Waals surface area contributed by atoms with E-state index in [-0.39, 0.29) is 11.3 Å². The molecule has 3 nitrogen and oxygen atoms in total. The molecule has 0 amide bonds. The van der Waals surface area contributed by atoms with Crippen molar-refractivity contribution in [1.29, 1.82) is 0 Å². The standard InChI is InChI=1S/C17H25NO2/c1-3-17(4-2,18-11-5-6-12-18)16(20)13-14-7-9-15(19)10-8-14/h7-10,19H,3-6,11-13H2,1-2H3. The summed E-state index contributed by atoms with van der Waals surface area (Å²) in [6.45, 7) is 6.33. The van der Waals surface area contributed by atoms with Gasteiger partial charge in [0.15, 0.2) is 5.78 Å². The van der Waals surface area contributed by atoms with Gasteiger partial charge >= 0.3 is 0 Å². The van der Waals surface area contributed by atoms with Crippen molar-refractivity contribution in [2.75, 3.05) is 13.1 Å². The topological polar surface area (TPSA) is 40.5 Å². The van der Waals surface area contributed by atoms with Gasteiger partial charge in [-0.15, -0.1) is 0 Å². The molecule has 1 fully saturated rings. The summed E-state index contributed by atoms with van der Waals surface area (Å²) in [7, 11) is 0. The minimum atomic E-state index is -0.297. The summed E-state index contributed by atoms with van der Waals surface area (Å²) in [6.07, 6.45) is 4.61. The number of ketones is 1. The van der Waals surface area contributed by atoms with Crippen LogP contribution in [0.4, 0.5) is 0 Å². The zero-order valence-electron chi connectivity index (χ0n) is 12.6. The third kappa shape index (κ3) is 2.88. The lowest BCUT2D eigenvalue weighted by molar-refractivity contribution is -0.130. The van der Waals surface area contributed by atoms with Crippen molar-refractivity contribution in [1.82, 2.24) is 4.90 Å². The zero-order chi connectivity index (χ0) is 14.6. The van der Waals surface area contributed by atoms with Gasteiger partial charge in [0.25, 0.3) is 0 Å². The van der Waals surface area contributed by atoms with Crippen molar-refractivity contribution >= 4 is 5.78 Å². The van der Waals surface area contributed by atoms with Gasteiger partial charge in [0.05, 0.1) is 5.54 Å². The molecule has 0 radical (unpaired) electrons. The van der Waals surface area contributed by atoms with Crippen molar-refractivity contribution in [3.8, 4) is 5.75 Å². The van der Waals surface area contributed by atoms with E-state index < -0.39 is 0 Å². The van der Waals surface area contributed by atoms with E-state index in [1.54, 1.807) is 12.1 Å². The van der Waals surface area contributed by atoms with Gasteiger partial charge < -0.3 is 5.11 Å². The minimum absolute atomic E-state index is 0.248. The average molecular weight is 275 g/mol. The highest BCUT2D eigenvalue weighted by Crippen LogP contribution is 2.30. The first-order valence-corrected chi connectivity index (χ1v) is 7.68. The van der Waals surface area contributed by atoms with Crippen molar-refractivity contribution < 1.29 is 9.90 Å². The molecule has 0 aromatic heterocycles. The lowest BCUT2D eigenvalue weighted by atomic mass is 9.83. The summed E-state index contributed by atoms with van der Waals surface area (Å²) < 4.78 is 0. The van der Waals surface area contributed by atoms with E-state index in [4.69, 9.17) is 0 Å². The fourth-order valence-electron chi connectivity index (χ4n) is 3.38. The highest BCUT2D eigenvalue weighted by atomic mass is 16.3. The Morgan fingerprint density at radius 3 is 2.20 bits per heavy atom. The van der Waals surface area contributed by atoms with Gasteiger partial charge in [-0.3, -0.25) is 9.69 Å². The molecule has 1 aliphatic rings. The van der Waals surface area contributed by atoms with E-state index in [9.17, 15) is 9.90 Å². The monoisotopic (exact) mass is 275 g/mol. The molecule has 1 aromatic rings. The van der Waals surface area contributed by atoms with E-state index in [0.29, 0.717) is 12.2 Å². The SMILES string of the molecule is CCC(CC)(C(=O)Cc1ccc(O)cc1)N1CCCC1. The lowest BCUT2D eigenvalue weighted by Gasteiger charge is -2.39. The summed E-state index contributed by atoms with van der Waals surface area (Å²) in [6, 6.07) is 6.98. The Morgan fingerprint density at radius 2 is 1.70 bits per heavy atom. The number of phenols is 1. The summed E-state index contributed by atoms with van der Waals surface area (Å²) in [4.78, 5) is 15.2. The lowest BCUT2D eigenvalue weighted by Crippen LogP contribution is -2.53. The molecule has 0 unspecified atom stereocenters. The zero-order valence-corrected chi connectivity index (χ0v) is 12.6. The van der Waals surface area contributed by atoms with E-state index in [0.717, 1.165) is 31.5 Å². The number of carbonyl (C=O) groups excluding carboxylic acids is 1. The summed E-state index contributed by atoms with van der Waals surface area (Å²) in [5, 5.41) is 9.32. The Labute approximate surface area is 121 Å². The normalized spacial score (nSPS) is 16.5. The first kappa shape index (κ1) is 15.0. The van der Waals surface area contributed by atoms with Crippen LogP contribution in [-0.2, 0) is 11.2 Å². The number of phenolic OH excluding ortho intramolecular Hbond substituents is 1. The Kier molecular flexibility index (Phi) is 4.81. The molecule has 2 rings (SSSR count). The Bertz CT molecular complexity index is 443. The van der Waals surface area contributed by atoms with Crippen LogP contribution in [0.3, 0.4) is 0 Å². The quantitative estimate of drug-likeness (QED) is 0.867. The highest BCUT2D eigenvalue weighted by Gasteiger charge is 2.41. The average Bonchev–Trinajstić information content (AvgIpc) is 2.98. The second-order valence-corrected chi connectivity index (χ2v) is 5.70. The number of hydrogen-bond donors (Lipinski definition) is 1. The number of Topliss-reactive ketones (excluding diaryl/α,β-unsaturated/α-hetero) is 1. The van der Waals surface area contributed by atoms with Gasteiger partial charge in [0.2, 0.25) is 0 Å². The highest BCUT2D eigenvalue weighted by molar-refractivity contribution is 5.90. The van der Waals surface area contributed by atoms with Crippen LogP contribution in [0.2, 0.25) is 0 Å². The maximum Gasteiger partial charge on any atom is 0.157 e. The second kappa shape index (κ2) is 6.40. The fourth-order valence-corrected chi connectivity index (χ4v) is 3.38. The largest absolute Gasteiger partial charge is 0.508 e. The number of nitrogens with zero attached hydrogens (tertiary/aromatic N) is 1. The first-order chi connectivity index (χ1) is 9.62. The summed E-state index contributed by atoms with van der Waals surface area (Å²) in [5.74, 6) is 0.563. The molecule has 0 aliphatic carbocycles. The molecule has 0 atom stereocenters. The van der Waals surface area contributed by atoms with Crippen LogP contribution in [-0.4, -0.2) is 34.4 Å². The molecule has 0 spiro atoms. The first-order valence-electron chi connectivity index (χ1n) is 7.68. The van der Waals surface area contributed by atoms with Gasteiger partial charge in [-0.05, 0) is 56.5 Å². The molecular weight excluding hydrogens is 250 g/mol. The Hall–Kier alpha value is -1.35. The second-order valence-electron chi connectivity index (χ2n) is 5.70. The third-order valence-corrected chi connectivity index (χ3v) is 4.70. The van der Waals surface area contributed by atoms with Crippen molar-refractivity contribution in [2.24, 2.45) is 0 Å². The third-order valence-electron chi connectivity index (χ3n) is 4.70. The van der Waals surface area contributed by atoms with E-state index in [1.165, 1.54) is 12.8 Å². The van der Waals surface area contributed by atoms with Crippen molar-refractivity contribution in [2.45, 2.75) is 51.5 Å². The van der Waals surface area contributed by atoms with Crippen molar-refractivity contribution in [3.63, 3.8) is 0 Å². The molecule has 1 aromatic carbocycles. The van der Waals surface area contributed by atoms with Gasteiger partial charge in [-0.2, -0.15) is 0 Å². The summed E-state index contributed by atoms with van der Waals surface area (Å²) in [5.41, 5.74) is 0.687. The number of rotatable bonds is 6. The van der Waals surface area contributed by atoms with Gasteiger partial charge in [0, 0.05) is 6.42 Å². The van der Waals surface area contributed by atoms with Crippen molar-refractivity contribution in [3.05, 3.63) is 29.8 Å². The molecule has 0 saturated carbocycles. The van der Waals surface area contributed by atoms with Crippen LogP contribution in [0, 0.1) is 0 Å². The van der Waals surface area contributed by atoms with Gasteiger partial charge in [-0.1, -0.05) is 26.0 Å². The maximum absolute atomic E-state index is 12.9. The van der Waals surface area contributed by atoms with E-state index >= 15 is 0 Å². The number of carbonyl (C=O) groups is 1. The van der Waals surface area contributed by atoms with E-state index in [2.05, 4.69) is 18.7 Å². The predicted molar refractivity (Wildman–Crippen MR) is 80.9 cm³/mol. The predicted octanol–water partition coefficient (Wildman–Crippen LogP) is 3.16. The van der Waals surface area contributed by atoms with E-state index in [1.807, 2.05) is 12.1 Å². The van der Waals surface area contributed by atoms with Crippen LogP contribution in [0.25, 0.3) is 0 Å². The number of hydrogen-bond acceptors (Lipinski definition) is 3. The molecule has 3 heteroatoms. The van der Waals surface area contributed by atoms with Crippen LogP contribution >= 0.6 is 0 Å². The smallest absolute Gasteiger partial charge is 0.157 e. The Balaban J connectivity index is 2.16. The Morgan fingerprint density at radius 1 is 1.15 bits per heavy atom. The molecule has 1 N–H and O–H groups in total. The molecule has 20 heavy (non-hydrogen) atoms. The minimum Gasteiger partial charge on any atom is -0.508 e. The molecule has 1 aliphatic heterocycles. The van der Waals surface area contributed by atoms with Gasteiger partial charge in [0.1, 0.15) is 5.75 Å². The van der Waals surface area contributed by atoms with Crippen LogP contribution in [0.15, 0.2) is 24.3 Å². The fraction of sp³-hybridized carbons (Fsp3) is 0.588. The number of likely N-dealkylation sites (tertiary alicyclic amines) is 1. The number of aromatic hydroxyl groups is 1. The molecule has 1 saturated heterocycles. The maximum atomic E-state index is 12.9. The molecular formula is C17H25NO2. The summed E-state index contributed by atoms with van der Waals surface area (Å²) >= 11 is 0. The van der Waals surface area contributed by atoms with Crippen LogP contribution < -0.4 is 0 Å². The van der Waals surface area contributed by atoms with Crippen LogP contribution in [0.1, 0.15) is 45.1 Å².